The third-order valence-electron chi connectivity index (χ3n) is 6.61. The van der Waals surface area contributed by atoms with Gasteiger partial charge in [-0.25, -0.2) is 0 Å². The average Bonchev–Trinajstić information content (AvgIpc) is 2.80. The van der Waals surface area contributed by atoms with E-state index in [0.29, 0.717) is 29.5 Å². The van der Waals surface area contributed by atoms with Crippen LogP contribution in [0.15, 0.2) is 24.3 Å². The topological polar surface area (TPSA) is 26.3 Å². The monoisotopic (exact) mass is 212 g/mol. The quantitative estimate of drug-likeness (QED) is 0.605. The van der Waals surface area contributed by atoms with Crippen molar-refractivity contribution in [3.05, 3.63) is 24.3 Å². The lowest BCUT2D eigenvalue weighted by atomic mass is 9.44. The number of ketones is 1. The number of carbonyl (C=O) groups is 1. The second kappa shape index (κ2) is 1.67. The SMILES string of the molecule is O=C1[C@H]2[C@@H]3C[C@@H]4[C@H]2O[C@]25C=CC=C[C@]12[C@H]3[C@H]45. The Labute approximate surface area is 93.3 Å². The highest BCUT2D eigenvalue weighted by Gasteiger charge is 2.93. The van der Waals surface area contributed by atoms with Gasteiger partial charge in [0, 0.05) is 11.8 Å². The molecule has 1 heterocycles. The van der Waals surface area contributed by atoms with Gasteiger partial charge in [0.15, 0.2) is 5.78 Å². The number of hydrogen-bond acceptors (Lipinski definition) is 2. The summed E-state index contributed by atoms with van der Waals surface area (Å²) in [5.74, 6) is 3.46. The number of allylic oxidation sites excluding steroid dienone is 2. The first-order valence-electron chi connectivity index (χ1n) is 6.40. The van der Waals surface area contributed by atoms with E-state index in [2.05, 4.69) is 24.3 Å². The molecule has 6 rings (SSSR count). The lowest BCUT2D eigenvalue weighted by molar-refractivity contribution is -0.200. The summed E-state index contributed by atoms with van der Waals surface area (Å²) in [6.07, 6.45) is 10.1. The molecule has 5 fully saturated rings. The number of carbonyl (C=O) groups excluding carboxylic acids is 1. The fraction of sp³-hybridized carbons (Fsp3) is 0.643. The predicted molar refractivity (Wildman–Crippen MR) is 55.4 cm³/mol. The molecule has 6 aliphatic rings. The predicted octanol–water partition coefficient (Wildman–Crippen LogP) is 1.33. The van der Waals surface area contributed by atoms with Crippen LogP contribution in [-0.2, 0) is 9.53 Å². The Hall–Kier alpha value is -0.890. The lowest BCUT2D eigenvalue weighted by Gasteiger charge is -2.61. The van der Waals surface area contributed by atoms with E-state index in [1.165, 1.54) is 6.42 Å². The Kier molecular flexibility index (Phi) is 0.776. The molecule has 1 saturated heterocycles. The Morgan fingerprint density at radius 1 is 1.19 bits per heavy atom. The van der Waals surface area contributed by atoms with Crippen molar-refractivity contribution in [3.8, 4) is 0 Å². The molecule has 80 valence electrons. The molecular weight excluding hydrogens is 200 g/mol. The summed E-state index contributed by atoms with van der Waals surface area (Å²) in [6, 6.07) is 0. The molecule has 16 heavy (non-hydrogen) atoms. The molecule has 0 amide bonds. The van der Waals surface area contributed by atoms with E-state index in [4.69, 9.17) is 4.74 Å². The maximum Gasteiger partial charge on any atom is 0.152 e. The first-order valence-corrected chi connectivity index (χ1v) is 6.40. The van der Waals surface area contributed by atoms with Gasteiger partial charge in [0.25, 0.3) is 0 Å². The number of fused-ring (bicyclic) bond motifs is 1. The molecule has 0 aromatic rings. The van der Waals surface area contributed by atoms with Crippen LogP contribution >= 0.6 is 0 Å². The molecule has 8 atom stereocenters. The molecule has 4 saturated carbocycles. The molecule has 2 spiro atoms. The smallest absolute Gasteiger partial charge is 0.152 e. The molecule has 2 nitrogen and oxygen atoms in total. The standard InChI is InChI=1S/C14H12O2/c15-12-8-6-5-7-10-9(6)13(12)3-1-2-4-14(10,13)16-11(7)8/h1-4,6-11H,5H2/t6-,7-,8-,9+,10-,11+,13-,14-/m0/s1. The second-order valence-corrected chi connectivity index (χ2v) is 6.47. The highest BCUT2D eigenvalue weighted by atomic mass is 16.5. The first-order chi connectivity index (χ1) is 7.81. The molecule has 0 unspecified atom stereocenters. The minimum absolute atomic E-state index is 0.194. The summed E-state index contributed by atoms with van der Waals surface area (Å²) in [7, 11) is 0. The van der Waals surface area contributed by atoms with Crippen molar-refractivity contribution in [2.24, 2.45) is 35.0 Å². The zero-order chi connectivity index (χ0) is 10.3. The van der Waals surface area contributed by atoms with Crippen LogP contribution in [0.5, 0.6) is 0 Å². The molecule has 0 N–H and O–H groups in total. The first kappa shape index (κ1) is 7.44. The van der Waals surface area contributed by atoms with Crippen molar-refractivity contribution >= 4 is 5.78 Å². The van der Waals surface area contributed by atoms with Gasteiger partial charge in [-0.1, -0.05) is 24.3 Å². The van der Waals surface area contributed by atoms with Gasteiger partial charge >= 0.3 is 0 Å². The maximum atomic E-state index is 12.7. The molecule has 2 heteroatoms. The minimum Gasteiger partial charge on any atom is -0.365 e. The summed E-state index contributed by atoms with van der Waals surface area (Å²) in [5.41, 5.74) is -0.413. The van der Waals surface area contributed by atoms with Crippen LogP contribution in [0.4, 0.5) is 0 Å². The normalized spacial score (nSPS) is 73.9. The van der Waals surface area contributed by atoms with Gasteiger partial charge in [0.05, 0.1) is 11.5 Å². The molecule has 1 aliphatic heterocycles. The van der Waals surface area contributed by atoms with Gasteiger partial charge in [0.1, 0.15) is 5.60 Å². The van der Waals surface area contributed by atoms with Gasteiger partial charge in [-0.15, -0.1) is 0 Å². The van der Waals surface area contributed by atoms with E-state index in [1.54, 1.807) is 0 Å². The Bertz CT molecular complexity index is 531. The fourth-order valence-corrected chi connectivity index (χ4v) is 6.56. The minimum atomic E-state index is -0.219. The molecule has 0 aromatic heterocycles. The van der Waals surface area contributed by atoms with Crippen molar-refractivity contribution in [3.63, 3.8) is 0 Å². The maximum absolute atomic E-state index is 12.7. The highest BCUT2D eigenvalue weighted by molar-refractivity contribution is 5.99. The zero-order valence-electron chi connectivity index (χ0n) is 8.80. The van der Waals surface area contributed by atoms with Gasteiger partial charge in [-0.05, 0) is 24.2 Å². The molecular formula is C14H12O2. The zero-order valence-corrected chi connectivity index (χ0v) is 8.80. The van der Waals surface area contributed by atoms with E-state index in [0.717, 1.165) is 0 Å². The van der Waals surface area contributed by atoms with E-state index in [-0.39, 0.29) is 23.0 Å². The van der Waals surface area contributed by atoms with Crippen LogP contribution in [0.1, 0.15) is 6.42 Å². The summed E-state index contributed by atoms with van der Waals surface area (Å²) in [5, 5.41) is 0. The van der Waals surface area contributed by atoms with Crippen molar-refractivity contribution in [2.75, 3.05) is 0 Å². The van der Waals surface area contributed by atoms with Crippen LogP contribution < -0.4 is 0 Å². The summed E-state index contributed by atoms with van der Waals surface area (Å²) in [6.45, 7) is 0. The van der Waals surface area contributed by atoms with Gasteiger partial charge < -0.3 is 4.74 Å². The third-order valence-corrected chi connectivity index (χ3v) is 6.61. The second-order valence-electron chi connectivity index (χ2n) is 6.47. The summed E-state index contributed by atoms with van der Waals surface area (Å²) < 4.78 is 6.36. The molecule has 2 bridgehead atoms. The van der Waals surface area contributed by atoms with Crippen LogP contribution in [0, 0.1) is 35.0 Å². The van der Waals surface area contributed by atoms with Crippen LogP contribution in [0.2, 0.25) is 0 Å². The Balaban J connectivity index is 1.80. The number of hydrogen-bond donors (Lipinski definition) is 0. The van der Waals surface area contributed by atoms with Crippen molar-refractivity contribution in [2.45, 2.75) is 18.1 Å². The van der Waals surface area contributed by atoms with E-state index < -0.39 is 0 Å². The molecule has 0 radical (unpaired) electrons. The number of ether oxygens (including phenoxy) is 1. The average molecular weight is 212 g/mol. The largest absolute Gasteiger partial charge is 0.365 e. The molecule has 0 aromatic carbocycles. The van der Waals surface area contributed by atoms with E-state index in [1.807, 2.05) is 0 Å². The molecule has 5 aliphatic carbocycles. The fourth-order valence-electron chi connectivity index (χ4n) is 6.56. The summed E-state index contributed by atoms with van der Waals surface area (Å²) >= 11 is 0. The van der Waals surface area contributed by atoms with E-state index in [9.17, 15) is 4.79 Å². The number of rotatable bonds is 0. The van der Waals surface area contributed by atoms with Gasteiger partial charge in [-0.2, -0.15) is 0 Å². The van der Waals surface area contributed by atoms with Crippen LogP contribution in [0.25, 0.3) is 0 Å². The van der Waals surface area contributed by atoms with E-state index >= 15 is 0 Å². The Morgan fingerprint density at radius 3 is 3.00 bits per heavy atom. The van der Waals surface area contributed by atoms with Crippen LogP contribution in [-0.4, -0.2) is 17.5 Å². The van der Waals surface area contributed by atoms with Gasteiger partial charge in [-0.3, -0.25) is 4.79 Å². The lowest BCUT2D eigenvalue weighted by Crippen LogP contribution is -2.69. The van der Waals surface area contributed by atoms with Crippen molar-refractivity contribution in [1.29, 1.82) is 0 Å². The Morgan fingerprint density at radius 2 is 2.06 bits per heavy atom. The van der Waals surface area contributed by atoms with Crippen molar-refractivity contribution in [1.82, 2.24) is 0 Å². The summed E-state index contributed by atoms with van der Waals surface area (Å²) in [4.78, 5) is 12.7. The highest BCUT2D eigenvalue weighted by Crippen LogP contribution is 2.86. The van der Waals surface area contributed by atoms with Gasteiger partial charge in [0.2, 0.25) is 0 Å². The number of Topliss-reactive ketones (excluding diaryl/α,β-unsaturated/α-hetero) is 1. The third kappa shape index (κ3) is 0.370. The van der Waals surface area contributed by atoms with Crippen LogP contribution in [0.3, 0.4) is 0 Å². The van der Waals surface area contributed by atoms with Crippen molar-refractivity contribution < 1.29 is 9.53 Å².